The molecular formula is C29H31N3O3. The summed E-state index contributed by atoms with van der Waals surface area (Å²) in [7, 11) is 0. The molecule has 2 N–H and O–H groups in total. The molecule has 0 radical (unpaired) electrons. The van der Waals surface area contributed by atoms with Crippen molar-refractivity contribution in [2.24, 2.45) is 0 Å². The quantitative estimate of drug-likeness (QED) is 0.304. The number of unbranched alkanes of at least 4 members (excludes halogenated alkanes) is 1. The number of ether oxygens (including phenoxy) is 1. The van der Waals surface area contributed by atoms with Crippen molar-refractivity contribution in [3.63, 3.8) is 0 Å². The molecule has 0 aliphatic carbocycles. The fraction of sp³-hybridized carbons (Fsp3) is 0.241. The number of benzene rings is 3. The molecule has 4 aromatic rings. The van der Waals surface area contributed by atoms with E-state index in [2.05, 4.69) is 22.1 Å². The number of fused-ring (bicyclic) bond motifs is 1. The Hall–Kier alpha value is -3.90. The van der Waals surface area contributed by atoms with Crippen molar-refractivity contribution in [3.8, 4) is 0 Å². The van der Waals surface area contributed by atoms with E-state index in [1.165, 1.54) is 0 Å². The highest BCUT2D eigenvalue weighted by Gasteiger charge is 2.16. The Morgan fingerprint density at radius 2 is 1.60 bits per heavy atom. The zero-order valence-corrected chi connectivity index (χ0v) is 20.0. The van der Waals surface area contributed by atoms with E-state index < -0.39 is 0 Å². The van der Waals surface area contributed by atoms with Gasteiger partial charge in [0.25, 0.3) is 5.91 Å². The molecule has 2 amide bonds. The van der Waals surface area contributed by atoms with Crippen LogP contribution in [0.2, 0.25) is 0 Å². The second-order valence-electron chi connectivity index (χ2n) is 8.50. The molecule has 4 rings (SSSR count). The van der Waals surface area contributed by atoms with Crippen LogP contribution < -0.4 is 10.6 Å². The van der Waals surface area contributed by atoms with E-state index in [0.29, 0.717) is 24.5 Å². The van der Waals surface area contributed by atoms with Gasteiger partial charge in [0.15, 0.2) is 0 Å². The Morgan fingerprint density at radius 3 is 2.31 bits per heavy atom. The number of carbonyl (C=O) groups excluding carboxylic acids is 2. The zero-order valence-electron chi connectivity index (χ0n) is 20.0. The summed E-state index contributed by atoms with van der Waals surface area (Å²) >= 11 is 0. The average molecular weight is 470 g/mol. The SMILES string of the molecule is CCCCn1c(C(=O)NCc2ccccc2)cc2cc(NC(=O)COCc3ccccc3)ccc21. The van der Waals surface area contributed by atoms with Gasteiger partial charge in [-0.05, 0) is 41.8 Å². The van der Waals surface area contributed by atoms with Crippen molar-refractivity contribution in [1.29, 1.82) is 0 Å². The van der Waals surface area contributed by atoms with Crippen molar-refractivity contribution < 1.29 is 14.3 Å². The number of anilines is 1. The van der Waals surface area contributed by atoms with Crippen molar-refractivity contribution in [1.82, 2.24) is 9.88 Å². The maximum Gasteiger partial charge on any atom is 0.268 e. The standard InChI is InChI=1S/C29H31N3O3/c1-2-3-16-32-26-15-14-25(31-28(33)21-35-20-23-12-8-5-9-13-23)17-24(26)18-27(32)29(34)30-19-22-10-6-4-7-11-22/h4-15,17-18H,2-3,16,19-21H2,1H3,(H,30,34)(H,31,33). The minimum Gasteiger partial charge on any atom is -0.367 e. The lowest BCUT2D eigenvalue weighted by Gasteiger charge is -2.11. The van der Waals surface area contributed by atoms with Gasteiger partial charge in [0.1, 0.15) is 12.3 Å². The highest BCUT2D eigenvalue weighted by Crippen LogP contribution is 2.24. The third-order valence-electron chi connectivity index (χ3n) is 5.79. The Kier molecular flexibility index (Phi) is 8.30. The fourth-order valence-electron chi connectivity index (χ4n) is 4.00. The van der Waals surface area contributed by atoms with Crippen molar-refractivity contribution in [2.45, 2.75) is 39.5 Å². The predicted octanol–water partition coefficient (Wildman–Crippen LogP) is 5.53. The second-order valence-corrected chi connectivity index (χ2v) is 8.50. The third-order valence-corrected chi connectivity index (χ3v) is 5.79. The molecule has 35 heavy (non-hydrogen) atoms. The Bertz CT molecular complexity index is 1270. The van der Waals surface area contributed by atoms with E-state index in [-0.39, 0.29) is 18.4 Å². The molecule has 0 bridgehead atoms. The van der Waals surface area contributed by atoms with Crippen LogP contribution in [0.3, 0.4) is 0 Å². The first-order valence-corrected chi connectivity index (χ1v) is 12.0. The van der Waals surface area contributed by atoms with Crippen molar-refractivity contribution >= 4 is 28.4 Å². The van der Waals surface area contributed by atoms with Crippen molar-refractivity contribution in [3.05, 3.63) is 102 Å². The Balaban J connectivity index is 1.44. The topological polar surface area (TPSA) is 72.4 Å². The molecule has 0 aliphatic rings. The van der Waals surface area contributed by atoms with Gasteiger partial charge in [-0.15, -0.1) is 0 Å². The molecule has 180 valence electrons. The van der Waals surface area contributed by atoms with Gasteiger partial charge in [-0.25, -0.2) is 0 Å². The van der Waals surface area contributed by atoms with Crippen LogP contribution in [0.4, 0.5) is 5.69 Å². The van der Waals surface area contributed by atoms with Gasteiger partial charge in [0.05, 0.1) is 6.61 Å². The van der Waals surface area contributed by atoms with Gasteiger partial charge >= 0.3 is 0 Å². The molecule has 1 aromatic heterocycles. The molecule has 0 aliphatic heterocycles. The monoisotopic (exact) mass is 469 g/mol. The van der Waals surface area contributed by atoms with Crippen LogP contribution in [0.25, 0.3) is 10.9 Å². The van der Waals surface area contributed by atoms with Crippen LogP contribution in [0.15, 0.2) is 84.9 Å². The van der Waals surface area contributed by atoms with E-state index in [9.17, 15) is 9.59 Å². The first-order valence-electron chi connectivity index (χ1n) is 12.0. The van der Waals surface area contributed by atoms with E-state index in [1.54, 1.807) is 0 Å². The molecule has 1 heterocycles. The molecule has 3 aromatic carbocycles. The molecule has 0 spiro atoms. The maximum atomic E-state index is 13.1. The zero-order chi connectivity index (χ0) is 24.5. The van der Waals surface area contributed by atoms with E-state index in [0.717, 1.165) is 41.4 Å². The summed E-state index contributed by atoms with van der Waals surface area (Å²) in [5.41, 5.74) is 4.35. The minimum atomic E-state index is -0.216. The number of hydrogen-bond acceptors (Lipinski definition) is 3. The smallest absolute Gasteiger partial charge is 0.268 e. The van der Waals surface area contributed by atoms with Crippen LogP contribution in [0.1, 0.15) is 41.4 Å². The van der Waals surface area contributed by atoms with E-state index in [1.807, 2.05) is 84.9 Å². The predicted molar refractivity (Wildman–Crippen MR) is 139 cm³/mol. The molecule has 6 heteroatoms. The molecular weight excluding hydrogens is 438 g/mol. The largest absolute Gasteiger partial charge is 0.367 e. The summed E-state index contributed by atoms with van der Waals surface area (Å²) < 4.78 is 7.60. The number of nitrogens with zero attached hydrogens (tertiary/aromatic N) is 1. The van der Waals surface area contributed by atoms with E-state index in [4.69, 9.17) is 4.74 Å². The molecule has 0 fully saturated rings. The van der Waals surface area contributed by atoms with Gasteiger partial charge in [-0.2, -0.15) is 0 Å². The molecule has 6 nitrogen and oxygen atoms in total. The molecule has 0 atom stereocenters. The number of aromatic nitrogens is 1. The summed E-state index contributed by atoms with van der Waals surface area (Å²) in [5.74, 6) is -0.326. The van der Waals surface area contributed by atoms with Crippen LogP contribution in [0.5, 0.6) is 0 Å². The summed E-state index contributed by atoms with van der Waals surface area (Å²) in [6, 6.07) is 27.2. The van der Waals surface area contributed by atoms with Crippen LogP contribution in [-0.2, 0) is 29.2 Å². The lowest BCUT2D eigenvalue weighted by molar-refractivity contribution is -0.121. The Labute approximate surface area is 205 Å². The van der Waals surface area contributed by atoms with E-state index >= 15 is 0 Å². The Morgan fingerprint density at radius 1 is 0.886 bits per heavy atom. The third kappa shape index (κ3) is 6.58. The fourth-order valence-corrected chi connectivity index (χ4v) is 4.00. The van der Waals surface area contributed by atoms with Gasteiger partial charge < -0.3 is 19.9 Å². The summed E-state index contributed by atoms with van der Waals surface area (Å²) in [4.78, 5) is 25.4. The van der Waals surface area contributed by atoms with Gasteiger partial charge in [-0.1, -0.05) is 74.0 Å². The number of nitrogens with one attached hydrogen (secondary N) is 2. The van der Waals surface area contributed by atoms with Crippen LogP contribution in [0, 0.1) is 0 Å². The number of amides is 2. The molecule has 0 unspecified atom stereocenters. The minimum absolute atomic E-state index is 0.0302. The van der Waals surface area contributed by atoms with Gasteiger partial charge in [0.2, 0.25) is 5.91 Å². The first-order chi connectivity index (χ1) is 17.1. The van der Waals surface area contributed by atoms with Crippen molar-refractivity contribution in [2.75, 3.05) is 11.9 Å². The highest BCUT2D eigenvalue weighted by molar-refractivity contribution is 6.00. The molecule has 0 saturated carbocycles. The van der Waals surface area contributed by atoms with Crippen LogP contribution in [-0.4, -0.2) is 23.0 Å². The number of rotatable bonds is 11. The van der Waals surface area contributed by atoms with Crippen LogP contribution >= 0.6 is 0 Å². The number of carbonyl (C=O) groups is 2. The first kappa shape index (κ1) is 24.2. The highest BCUT2D eigenvalue weighted by atomic mass is 16.5. The molecule has 0 saturated heterocycles. The maximum absolute atomic E-state index is 13.1. The average Bonchev–Trinajstić information content (AvgIpc) is 3.25. The lowest BCUT2D eigenvalue weighted by Crippen LogP contribution is -2.25. The number of aryl methyl sites for hydroxylation is 1. The van der Waals surface area contributed by atoms with Gasteiger partial charge in [0, 0.05) is 29.7 Å². The number of hydrogen-bond donors (Lipinski definition) is 2. The summed E-state index contributed by atoms with van der Waals surface area (Å²) in [5, 5.41) is 6.84. The normalized spacial score (nSPS) is 10.9. The second kappa shape index (κ2) is 12.0. The summed E-state index contributed by atoms with van der Waals surface area (Å²) in [6.45, 7) is 3.72. The summed E-state index contributed by atoms with van der Waals surface area (Å²) in [6.07, 6.45) is 2.00. The van der Waals surface area contributed by atoms with Gasteiger partial charge in [-0.3, -0.25) is 9.59 Å². The lowest BCUT2D eigenvalue weighted by atomic mass is 10.2.